The number of carbonyl (C=O) groups excluding carboxylic acids is 1. The summed E-state index contributed by atoms with van der Waals surface area (Å²) >= 11 is 0. The van der Waals surface area contributed by atoms with Gasteiger partial charge in [0.05, 0.1) is 0 Å². The Hall–Kier alpha value is -2.62. The van der Waals surface area contributed by atoms with Gasteiger partial charge in [-0.25, -0.2) is 4.39 Å². The fourth-order valence-corrected chi connectivity index (χ4v) is 2.54. The number of carbonyl (C=O) groups is 1. The Bertz CT molecular complexity index is 861. The van der Waals surface area contributed by atoms with Gasteiger partial charge in [0.1, 0.15) is 0 Å². The molecule has 0 heterocycles. The minimum absolute atomic E-state index is 0.0569. The summed E-state index contributed by atoms with van der Waals surface area (Å²) in [6, 6.07) is 7.73. The summed E-state index contributed by atoms with van der Waals surface area (Å²) in [4.78, 5) is 12.2. The lowest BCUT2D eigenvalue weighted by Crippen LogP contribution is -2.50. The zero-order valence-corrected chi connectivity index (χ0v) is 14.4. The van der Waals surface area contributed by atoms with Crippen molar-refractivity contribution in [2.24, 2.45) is 5.73 Å². The highest BCUT2D eigenvalue weighted by atomic mass is 19.4. The number of alkyl halides is 7. The molecular weight excluding hydrogens is 393 g/mol. The van der Waals surface area contributed by atoms with Crippen molar-refractivity contribution in [3.8, 4) is 0 Å². The van der Waals surface area contributed by atoms with E-state index in [1.807, 2.05) is 0 Å². The SMILES string of the molecule is Cc1cc(C(F)(C(F)(F)F)C(F)(F)F)ccc1NC(=O)c1cccc(CN)c1. The van der Waals surface area contributed by atoms with Crippen LogP contribution >= 0.6 is 0 Å². The molecule has 0 atom stereocenters. The largest absolute Gasteiger partial charge is 0.435 e. The number of nitrogens with two attached hydrogens (primary N) is 1. The Morgan fingerprint density at radius 3 is 2.07 bits per heavy atom. The molecule has 0 radical (unpaired) electrons. The number of anilines is 1. The maximum atomic E-state index is 14.1. The molecule has 1 amide bonds. The van der Waals surface area contributed by atoms with Crippen molar-refractivity contribution >= 4 is 11.6 Å². The highest BCUT2D eigenvalue weighted by Gasteiger charge is 2.73. The summed E-state index contributed by atoms with van der Waals surface area (Å²) in [7, 11) is 0. The molecule has 0 aliphatic carbocycles. The second-order valence-corrected chi connectivity index (χ2v) is 6.04. The number of halogens is 7. The first-order valence-corrected chi connectivity index (χ1v) is 7.85. The van der Waals surface area contributed by atoms with Crippen LogP contribution in [0.25, 0.3) is 0 Å². The second-order valence-electron chi connectivity index (χ2n) is 6.04. The van der Waals surface area contributed by atoms with Crippen LogP contribution in [0.15, 0.2) is 42.5 Å². The van der Waals surface area contributed by atoms with E-state index in [-0.39, 0.29) is 23.4 Å². The molecule has 0 bridgehead atoms. The molecule has 2 aromatic rings. The Balaban J connectivity index is 2.37. The summed E-state index contributed by atoms with van der Waals surface area (Å²) < 4.78 is 91.2. The standard InChI is InChI=1S/C18H15F7N2O/c1-10-7-13(16(19,17(20,21)22)18(23,24)25)5-6-14(10)27-15(28)12-4-2-3-11(8-12)9-26/h2-8H,9,26H2,1H3,(H,27,28). The first-order chi connectivity index (χ1) is 12.8. The number of hydrogen-bond donors (Lipinski definition) is 2. The van der Waals surface area contributed by atoms with Crippen LogP contribution in [0.1, 0.15) is 27.0 Å². The molecule has 0 saturated heterocycles. The fraction of sp³-hybridized carbons (Fsp3) is 0.278. The highest BCUT2D eigenvalue weighted by molar-refractivity contribution is 6.04. The molecule has 2 aromatic carbocycles. The summed E-state index contributed by atoms with van der Waals surface area (Å²) in [5.74, 6) is -0.649. The topological polar surface area (TPSA) is 55.1 Å². The van der Waals surface area contributed by atoms with Crippen molar-refractivity contribution < 1.29 is 35.5 Å². The highest BCUT2D eigenvalue weighted by Crippen LogP contribution is 2.53. The Morgan fingerprint density at radius 2 is 1.57 bits per heavy atom. The zero-order chi connectivity index (χ0) is 21.3. The van der Waals surface area contributed by atoms with Gasteiger partial charge in [0, 0.05) is 23.4 Å². The van der Waals surface area contributed by atoms with E-state index in [4.69, 9.17) is 5.73 Å². The number of hydrogen-bond acceptors (Lipinski definition) is 2. The lowest BCUT2D eigenvalue weighted by Gasteiger charge is -2.30. The van der Waals surface area contributed by atoms with E-state index in [2.05, 4.69) is 5.32 Å². The van der Waals surface area contributed by atoms with Crippen LogP contribution in [0.2, 0.25) is 0 Å². The molecule has 0 aliphatic rings. The maximum absolute atomic E-state index is 14.1. The number of nitrogens with one attached hydrogen (secondary N) is 1. The van der Waals surface area contributed by atoms with Crippen LogP contribution in [-0.2, 0) is 12.2 Å². The minimum atomic E-state index is -6.20. The average molecular weight is 408 g/mol. The third kappa shape index (κ3) is 3.96. The van der Waals surface area contributed by atoms with E-state index >= 15 is 0 Å². The van der Waals surface area contributed by atoms with Crippen molar-refractivity contribution in [2.45, 2.75) is 31.5 Å². The Morgan fingerprint density at radius 1 is 0.964 bits per heavy atom. The number of rotatable bonds is 4. The Kier molecular flexibility index (Phi) is 5.74. The van der Waals surface area contributed by atoms with Crippen LogP contribution in [0.5, 0.6) is 0 Å². The third-order valence-electron chi connectivity index (χ3n) is 4.08. The van der Waals surface area contributed by atoms with E-state index in [0.717, 1.165) is 13.0 Å². The van der Waals surface area contributed by atoms with E-state index in [1.54, 1.807) is 12.1 Å². The second kappa shape index (κ2) is 7.42. The summed E-state index contributed by atoms with van der Waals surface area (Å²) in [5, 5.41) is 2.37. The van der Waals surface area contributed by atoms with Gasteiger partial charge < -0.3 is 11.1 Å². The summed E-state index contributed by atoms with van der Waals surface area (Å²) in [5.41, 5.74) is -1.06. The van der Waals surface area contributed by atoms with Crippen molar-refractivity contribution in [2.75, 3.05) is 5.32 Å². The first-order valence-electron chi connectivity index (χ1n) is 7.85. The average Bonchev–Trinajstić information content (AvgIpc) is 2.60. The molecular formula is C18H15F7N2O. The van der Waals surface area contributed by atoms with Gasteiger partial charge in [-0.3, -0.25) is 4.79 Å². The van der Waals surface area contributed by atoms with Gasteiger partial charge in [-0.2, -0.15) is 26.3 Å². The smallest absolute Gasteiger partial charge is 0.326 e. The monoisotopic (exact) mass is 408 g/mol. The molecule has 0 saturated carbocycles. The lowest BCUT2D eigenvalue weighted by atomic mass is 9.92. The van der Waals surface area contributed by atoms with Gasteiger partial charge in [-0.1, -0.05) is 24.3 Å². The van der Waals surface area contributed by atoms with Crippen molar-refractivity contribution in [1.29, 1.82) is 0 Å². The van der Waals surface area contributed by atoms with Crippen LogP contribution in [0.3, 0.4) is 0 Å². The normalized spacial score (nSPS) is 12.8. The number of aryl methyl sites for hydroxylation is 1. The van der Waals surface area contributed by atoms with Crippen LogP contribution in [0, 0.1) is 6.92 Å². The van der Waals surface area contributed by atoms with Crippen molar-refractivity contribution in [1.82, 2.24) is 0 Å². The molecule has 0 aliphatic heterocycles. The van der Waals surface area contributed by atoms with E-state index < -0.39 is 29.5 Å². The number of amides is 1. The number of benzene rings is 2. The van der Waals surface area contributed by atoms with Crippen LogP contribution < -0.4 is 11.1 Å². The lowest BCUT2D eigenvalue weighted by molar-refractivity contribution is -0.348. The minimum Gasteiger partial charge on any atom is -0.326 e. The van der Waals surface area contributed by atoms with Gasteiger partial charge in [-0.15, -0.1) is 0 Å². The fourth-order valence-electron chi connectivity index (χ4n) is 2.54. The van der Waals surface area contributed by atoms with Gasteiger partial charge >= 0.3 is 18.0 Å². The molecule has 0 spiro atoms. The predicted molar refractivity (Wildman–Crippen MR) is 88.4 cm³/mol. The summed E-state index contributed by atoms with van der Waals surface area (Å²) in [6.45, 7) is 1.32. The van der Waals surface area contributed by atoms with Crippen LogP contribution in [0.4, 0.5) is 36.4 Å². The molecule has 10 heteroatoms. The molecule has 0 fully saturated rings. The quantitative estimate of drug-likeness (QED) is 0.700. The van der Waals surface area contributed by atoms with Crippen molar-refractivity contribution in [3.63, 3.8) is 0 Å². The first kappa shape index (κ1) is 21.7. The zero-order valence-electron chi connectivity index (χ0n) is 14.4. The van der Waals surface area contributed by atoms with E-state index in [9.17, 15) is 35.5 Å². The van der Waals surface area contributed by atoms with Gasteiger partial charge in [-0.05, 0) is 36.2 Å². The van der Waals surface area contributed by atoms with E-state index in [0.29, 0.717) is 17.7 Å². The van der Waals surface area contributed by atoms with Gasteiger partial charge in [0.25, 0.3) is 5.91 Å². The molecule has 152 valence electrons. The molecule has 28 heavy (non-hydrogen) atoms. The molecule has 3 nitrogen and oxygen atoms in total. The van der Waals surface area contributed by atoms with E-state index in [1.165, 1.54) is 12.1 Å². The van der Waals surface area contributed by atoms with Gasteiger partial charge in [0.2, 0.25) is 0 Å². The van der Waals surface area contributed by atoms with Gasteiger partial charge in [0.15, 0.2) is 0 Å². The van der Waals surface area contributed by atoms with Crippen molar-refractivity contribution in [3.05, 3.63) is 64.7 Å². The molecule has 2 rings (SSSR count). The molecule has 0 aromatic heterocycles. The predicted octanol–water partition coefficient (Wildman–Crippen LogP) is 5.00. The maximum Gasteiger partial charge on any atom is 0.435 e. The molecule has 3 N–H and O–H groups in total. The van der Waals surface area contributed by atoms with Crippen LogP contribution in [-0.4, -0.2) is 18.3 Å². The summed E-state index contributed by atoms with van der Waals surface area (Å²) in [6.07, 6.45) is -12.4. The third-order valence-corrected chi connectivity index (χ3v) is 4.08. The Labute approximate surface area is 155 Å². The molecule has 0 unspecified atom stereocenters.